The second-order valence-electron chi connectivity index (χ2n) is 20.0. The second-order valence-corrected chi connectivity index (χ2v) is 20.9. The molecule has 4 amide bonds. The minimum absolute atomic E-state index is 0.105. The van der Waals surface area contributed by atoms with Crippen molar-refractivity contribution >= 4 is 80.6 Å². The van der Waals surface area contributed by atoms with Gasteiger partial charge in [-0.05, 0) is 68.4 Å². The lowest BCUT2D eigenvalue weighted by Gasteiger charge is -2.30. The maximum atomic E-state index is 12.4. The maximum absolute atomic E-state index is 12.4. The summed E-state index contributed by atoms with van der Waals surface area (Å²) in [6.45, 7) is 7.52. The van der Waals surface area contributed by atoms with Crippen LogP contribution in [0.1, 0.15) is 81.8 Å². The Balaban J connectivity index is 0.000000180. The number of anilines is 2. The summed E-state index contributed by atoms with van der Waals surface area (Å²) in [6.07, 6.45) is 2.46. The zero-order valence-corrected chi connectivity index (χ0v) is 47.9. The lowest BCUT2D eigenvalue weighted by atomic mass is 9.94. The normalized spacial score (nSPS) is 22.5. The molecule has 4 aliphatic heterocycles. The number of fused-ring (bicyclic) bond motifs is 2. The Morgan fingerprint density at radius 2 is 1.08 bits per heavy atom. The van der Waals surface area contributed by atoms with Crippen molar-refractivity contribution in [1.82, 2.24) is 59.5 Å². The summed E-state index contributed by atoms with van der Waals surface area (Å²) in [6, 6.07) is 19.3. The van der Waals surface area contributed by atoms with Crippen LogP contribution in [0.25, 0.3) is 22.3 Å². The molecule has 2 aromatic carbocycles. The number of amides is 4. The van der Waals surface area contributed by atoms with Crippen molar-refractivity contribution in [2.45, 2.75) is 115 Å². The summed E-state index contributed by atoms with van der Waals surface area (Å²) in [5, 5.41) is 46.4. The number of hydrogen-bond acceptors (Lipinski definition) is 20. The van der Waals surface area contributed by atoms with Crippen LogP contribution in [0, 0.1) is 39.9 Å². The number of likely N-dealkylation sites (tertiary alicyclic amines) is 2. The van der Waals surface area contributed by atoms with Crippen LogP contribution in [-0.4, -0.2) is 169 Å². The van der Waals surface area contributed by atoms with Crippen molar-refractivity contribution in [2.24, 2.45) is 11.8 Å². The molecule has 2 unspecified atom stereocenters. The summed E-state index contributed by atoms with van der Waals surface area (Å²) in [7, 11) is 0. The van der Waals surface area contributed by atoms with Crippen molar-refractivity contribution in [2.75, 3.05) is 50.7 Å². The number of carbonyl (C=O) groups excluding carboxylic acids is 4. The Bertz CT molecular complexity index is 3290. The Morgan fingerprint density at radius 1 is 0.651 bits per heavy atom. The van der Waals surface area contributed by atoms with Crippen molar-refractivity contribution < 1.29 is 58.6 Å². The Kier molecular flexibility index (Phi) is 21.4. The molecule has 4 fully saturated rings. The van der Waals surface area contributed by atoms with E-state index in [2.05, 4.69) is 58.3 Å². The molecule has 10 rings (SSSR count). The first-order valence-electron chi connectivity index (χ1n) is 27.2. The molecule has 27 heteroatoms. The summed E-state index contributed by atoms with van der Waals surface area (Å²) in [5.74, 6) is 9.09. The fraction of sp³-hybridized carbons (Fsp3) is 0.464. The Hall–Kier alpha value is -7.77. The van der Waals surface area contributed by atoms with Crippen LogP contribution in [0.3, 0.4) is 0 Å². The molecule has 10 N–H and O–H groups in total. The van der Waals surface area contributed by atoms with E-state index < -0.39 is 60.9 Å². The zero-order valence-electron chi connectivity index (χ0n) is 45.7. The number of nitrogens with two attached hydrogens (primary N) is 2. The SMILES string of the molecule is C#CCC1CCN(C(=O)OCc2ccccc2)CC1.CCNC(=O)[C@H]1O[C@@H](n2cnc3c(N)nc(C#CCC4CCN(C(=O)OCc5ccccc5)CC4)nc32)[C@@H](O)C1O.CCNC(=O)[C@H]1O[C@@H](n2cnc3c(N)nc(I)nc32)[C@@H](O)C1O. The number of aliphatic hydroxyl groups is 4. The van der Waals surface area contributed by atoms with Crippen molar-refractivity contribution in [1.29, 1.82) is 0 Å². The van der Waals surface area contributed by atoms with Crippen LogP contribution in [-0.2, 0) is 41.8 Å². The molecular weight excluding hydrogens is 1190 g/mol. The molecule has 0 bridgehead atoms. The highest BCUT2D eigenvalue weighted by Crippen LogP contribution is 2.34. The molecule has 0 aliphatic carbocycles. The molecule has 0 saturated carbocycles. The largest absolute Gasteiger partial charge is 0.445 e. The quantitative estimate of drug-likeness (QED) is 0.0496. The van der Waals surface area contributed by atoms with Gasteiger partial charge in [0, 0.05) is 74.7 Å². The number of aromatic nitrogens is 8. The van der Waals surface area contributed by atoms with Crippen molar-refractivity contribution in [3.8, 4) is 24.2 Å². The van der Waals surface area contributed by atoms with Crippen molar-refractivity contribution in [3.63, 3.8) is 0 Å². The number of ether oxygens (including phenoxy) is 4. The lowest BCUT2D eigenvalue weighted by molar-refractivity contribution is -0.138. The molecule has 440 valence electrons. The molecule has 4 aromatic heterocycles. The lowest BCUT2D eigenvalue weighted by Crippen LogP contribution is -2.42. The standard InChI is InChI=1S/C28H33N7O6.C16H19NO2.C12H15IN6O4/c1-2-30-26(38)23-21(36)22(37)27(41-23)35-16-31-20-24(29)32-19(33-25(20)35)10-6-9-17-11-13-34(14-12-17)28(39)40-15-18-7-4-3-5-8-18;1-2-6-14-9-11-17(12-10-14)16(18)19-13-15-7-4-3-5-8-15;1-2-15-10(22)7-5(20)6(21)11(23-7)19-3-16-4-8(14)17-12(13)18-9(4)19/h3-5,7-8,16-17,21-23,27,36-37H,2,9,11-15H2,1H3,(H,30,38)(H2,29,32,33);1,3-5,7-8,14H,6,9-13H2;3,5-7,11,20-21H,2H2,1H3,(H,15,22)(H2,14,17,18)/t21?,22-,23-,27+;;5?,6-,7-,11+/m0.0/s1. The van der Waals surface area contributed by atoms with Gasteiger partial charge in [-0.25, -0.2) is 39.5 Å². The molecule has 6 aromatic rings. The van der Waals surface area contributed by atoms with Gasteiger partial charge in [0.15, 0.2) is 51.4 Å². The second kappa shape index (κ2) is 29.0. The molecule has 4 saturated heterocycles. The molecule has 83 heavy (non-hydrogen) atoms. The van der Waals surface area contributed by atoms with Gasteiger partial charge in [-0.3, -0.25) is 18.7 Å². The Morgan fingerprint density at radius 3 is 1.53 bits per heavy atom. The number of rotatable bonds is 12. The van der Waals surface area contributed by atoms with Crippen LogP contribution in [0.4, 0.5) is 21.2 Å². The number of terminal acetylenes is 1. The van der Waals surface area contributed by atoms with E-state index >= 15 is 0 Å². The van der Waals surface area contributed by atoms with Crippen LogP contribution < -0.4 is 22.1 Å². The minimum atomic E-state index is -1.43. The highest BCUT2D eigenvalue weighted by atomic mass is 127. The predicted octanol–water partition coefficient (Wildman–Crippen LogP) is 2.78. The molecule has 26 nitrogen and oxygen atoms in total. The van der Waals surface area contributed by atoms with E-state index in [1.165, 1.54) is 21.8 Å². The van der Waals surface area contributed by atoms with Gasteiger partial charge >= 0.3 is 12.2 Å². The van der Waals surface area contributed by atoms with E-state index in [1.807, 2.05) is 83.3 Å². The first-order chi connectivity index (χ1) is 40.1. The number of hydrogen-bond donors (Lipinski definition) is 8. The molecule has 0 spiro atoms. The summed E-state index contributed by atoms with van der Waals surface area (Å²) < 4.78 is 25.2. The number of imidazole rings is 2. The van der Waals surface area contributed by atoms with E-state index in [4.69, 9.17) is 36.8 Å². The van der Waals surface area contributed by atoms with Gasteiger partial charge in [-0.2, -0.15) is 0 Å². The van der Waals surface area contributed by atoms with Gasteiger partial charge in [0.05, 0.1) is 12.7 Å². The number of nitrogens with zero attached hydrogens (tertiary/aromatic N) is 10. The number of halogens is 1. The zero-order chi connectivity index (χ0) is 59.2. The predicted molar refractivity (Wildman–Crippen MR) is 308 cm³/mol. The smallest absolute Gasteiger partial charge is 0.410 e. The molecule has 8 atom stereocenters. The van der Waals surface area contributed by atoms with Crippen molar-refractivity contribution in [3.05, 3.63) is 94.1 Å². The van der Waals surface area contributed by atoms with E-state index in [0.717, 1.165) is 56.3 Å². The van der Waals surface area contributed by atoms with Gasteiger partial charge in [0.25, 0.3) is 11.8 Å². The number of aliphatic hydroxyl groups excluding tert-OH is 4. The third-order valence-electron chi connectivity index (χ3n) is 14.3. The monoisotopic (exact) mass is 1250 g/mol. The number of nitrogens with one attached hydrogen (secondary N) is 2. The summed E-state index contributed by atoms with van der Waals surface area (Å²) in [4.78, 5) is 77.2. The van der Waals surface area contributed by atoms with Crippen LogP contribution in [0.15, 0.2) is 73.3 Å². The molecule has 4 aliphatic rings. The average molecular weight is 1260 g/mol. The van der Waals surface area contributed by atoms with Gasteiger partial charge in [-0.1, -0.05) is 66.6 Å². The van der Waals surface area contributed by atoms with Gasteiger partial charge < -0.3 is 71.3 Å². The van der Waals surface area contributed by atoms with Crippen LogP contribution in [0.2, 0.25) is 0 Å². The molecule has 8 heterocycles. The maximum Gasteiger partial charge on any atom is 0.410 e. The number of benzene rings is 2. The highest BCUT2D eigenvalue weighted by Gasteiger charge is 2.49. The first kappa shape index (κ1) is 61.3. The molecular formula is C56H67IN14O12. The minimum Gasteiger partial charge on any atom is -0.445 e. The number of carbonyl (C=O) groups is 4. The summed E-state index contributed by atoms with van der Waals surface area (Å²) in [5.41, 5.74) is 15.1. The van der Waals surface area contributed by atoms with Gasteiger partial charge in [0.1, 0.15) is 48.7 Å². The third kappa shape index (κ3) is 15.3. The van der Waals surface area contributed by atoms with E-state index in [-0.39, 0.29) is 47.4 Å². The van der Waals surface area contributed by atoms with Gasteiger partial charge in [0.2, 0.25) is 5.82 Å². The number of nitrogen functional groups attached to an aromatic ring is 2. The average Bonchev–Trinajstić information content (AvgIpc) is 3.21. The first-order valence-corrected chi connectivity index (χ1v) is 28.2. The highest BCUT2D eigenvalue weighted by molar-refractivity contribution is 14.1. The Labute approximate surface area is 491 Å². The number of likely N-dealkylation sites (N-methyl/N-ethyl adjacent to an activating group) is 2. The van der Waals surface area contributed by atoms with E-state index in [1.54, 1.807) is 23.6 Å². The summed E-state index contributed by atoms with van der Waals surface area (Å²) >= 11 is 1.91. The van der Waals surface area contributed by atoms with Crippen LogP contribution in [0.5, 0.6) is 0 Å². The van der Waals surface area contributed by atoms with Gasteiger partial charge in [-0.15, -0.1) is 12.3 Å². The number of piperidine rings is 2. The third-order valence-corrected chi connectivity index (χ3v) is 14.7. The fourth-order valence-corrected chi connectivity index (χ4v) is 10.2. The van der Waals surface area contributed by atoms with Crippen LogP contribution >= 0.6 is 22.6 Å². The van der Waals surface area contributed by atoms with E-state index in [9.17, 15) is 39.6 Å². The molecule has 0 radical (unpaired) electrons. The topological polar surface area (TPSA) is 356 Å². The fourth-order valence-electron chi connectivity index (χ4n) is 9.74. The van der Waals surface area contributed by atoms with E-state index in [0.29, 0.717) is 66.0 Å².